The van der Waals surface area contributed by atoms with Crippen LogP contribution in [0.4, 0.5) is 0 Å². The van der Waals surface area contributed by atoms with Crippen molar-refractivity contribution < 1.29 is 0 Å². The standard InChI is InChI=1S/C13H16BrN3/c1-3-12-16-8(2)13(17-12)9-4-5-11(14)10(6-9)7-15/h4-6H,3,7,15H2,1-2H3,(H,16,17). The summed E-state index contributed by atoms with van der Waals surface area (Å²) in [5.74, 6) is 1.02. The summed E-state index contributed by atoms with van der Waals surface area (Å²) in [7, 11) is 0. The predicted molar refractivity (Wildman–Crippen MR) is 73.7 cm³/mol. The molecule has 0 saturated carbocycles. The van der Waals surface area contributed by atoms with E-state index in [1.54, 1.807) is 0 Å². The number of benzene rings is 1. The molecule has 2 aromatic rings. The van der Waals surface area contributed by atoms with Crippen molar-refractivity contribution >= 4 is 15.9 Å². The van der Waals surface area contributed by atoms with Crippen LogP contribution in [0.3, 0.4) is 0 Å². The molecule has 0 aliphatic heterocycles. The van der Waals surface area contributed by atoms with Gasteiger partial charge in [-0.2, -0.15) is 0 Å². The smallest absolute Gasteiger partial charge is 0.106 e. The first kappa shape index (κ1) is 12.3. The number of aromatic amines is 1. The zero-order chi connectivity index (χ0) is 12.4. The van der Waals surface area contributed by atoms with E-state index in [2.05, 4.69) is 45.0 Å². The highest BCUT2D eigenvalue weighted by Gasteiger charge is 2.09. The first-order valence-corrected chi connectivity index (χ1v) is 6.49. The zero-order valence-corrected chi connectivity index (χ0v) is 11.6. The molecule has 1 aromatic carbocycles. The molecule has 3 N–H and O–H groups in total. The Bertz CT molecular complexity index is 531. The first-order chi connectivity index (χ1) is 8.15. The molecule has 0 atom stereocenters. The molecule has 0 aliphatic carbocycles. The van der Waals surface area contributed by atoms with Crippen molar-refractivity contribution in [1.29, 1.82) is 0 Å². The summed E-state index contributed by atoms with van der Waals surface area (Å²) >= 11 is 3.49. The van der Waals surface area contributed by atoms with E-state index >= 15 is 0 Å². The summed E-state index contributed by atoms with van der Waals surface area (Å²) in [6.07, 6.45) is 0.918. The van der Waals surface area contributed by atoms with Crippen molar-refractivity contribution in [2.75, 3.05) is 0 Å². The number of nitrogens with one attached hydrogen (secondary N) is 1. The minimum absolute atomic E-state index is 0.526. The molecule has 17 heavy (non-hydrogen) atoms. The molecule has 0 saturated heterocycles. The molecule has 90 valence electrons. The highest BCUT2D eigenvalue weighted by Crippen LogP contribution is 2.26. The molecule has 0 radical (unpaired) electrons. The molecular weight excluding hydrogens is 278 g/mol. The van der Waals surface area contributed by atoms with Crippen molar-refractivity contribution in [2.24, 2.45) is 5.73 Å². The topological polar surface area (TPSA) is 54.7 Å². The van der Waals surface area contributed by atoms with Crippen LogP contribution in [-0.4, -0.2) is 9.97 Å². The van der Waals surface area contributed by atoms with Crippen LogP contribution in [0.2, 0.25) is 0 Å². The average molecular weight is 294 g/mol. The van der Waals surface area contributed by atoms with Gasteiger partial charge in [-0.05, 0) is 24.6 Å². The molecule has 0 amide bonds. The third-order valence-corrected chi connectivity index (χ3v) is 3.58. The Hall–Kier alpha value is -1.13. The molecule has 4 heteroatoms. The molecule has 0 bridgehead atoms. The molecule has 1 heterocycles. The number of H-pyrrole nitrogens is 1. The molecular formula is C13H16BrN3. The lowest BCUT2D eigenvalue weighted by atomic mass is 10.1. The Morgan fingerprint density at radius 3 is 2.76 bits per heavy atom. The van der Waals surface area contributed by atoms with Crippen LogP contribution in [0.15, 0.2) is 22.7 Å². The molecule has 3 nitrogen and oxygen atoms in total. The third-order valence-electron chi connectivity index (χ3n) is 2.81. The predicted octanol–water partition coefficient (Wildman–Crippen LogP) is 3.17. The van der Waals surface area contributed by atoms with Gasteiger partial charge in [0.2, 0.25) is 0 Å². The fourth-order valence-electron chi connectivity index (χ4n) is 1.85. The van der Waals surface area contributed by atoms with Crippen LogP contribution in [0, 0.1) is 6.92 Å². The summed E-state index contributed by atoms with van der Waals surface area (Å²) in [5, 5.41) is 0. The van der Waals surface area contributed by atoms with Crippen LogP contribution in [0.5, 0.6) is 0 Å². The van der Waals surface area contributed by atoms with Crippen LogP contribution in [0.25, 0.3) is 11.3 Å². The maximum atomic E-state index is 5.71. The third kappa shape index (κ3) is 2.42. The van der Waals surface area contributed by atoms with E-state index in [-0.39, 0.29) is 0 Å². The maximum absolute atomic E-state index is 5.71. The second-order valence-electron chi connectivity index (χ2n) is 4.02. The lowest BCUT2D eigenvalue weighted by Crippen LogP contribution is -1.97. The molecule has 2 rings (SSSR count). The zero-order valence-electron chi connectivity index (χ0n) is 10.0. The Labute approximate surface area is 110 Å². The summed E-state index contributed by atoms with van der Waals surface area (Å²) in [5.41, 5.74) is 10.0. The minimum Gasteiger partial charge on any atom is -0.346 e. The summed E-state index contributed by atoms with van der Waals surface area (Å²) in [6.45, 7) is 4.67. The lowest BCUT2D eigenvalue weighted by Gasteiger charge is -2.04. The first-order valence-electron chi connectivity index (χ1n) is 5.70. The van der Waals surface area contributed by atoms with Gasteiger partial charge < -0.3 is 10.7 Å². The summed E-state index contributed by atoms with van der Waals surface area (Å²) in [4.78, 5) is 7.88. The lowest BCUT2D eigenvalue weighted by molar-refractivity contribution is 0.982. The van der Waals surface area contributed by atoms with E-state index in [9.17, 15) is 0 Å². The quantitative estimate of drug-likeness (QED) is 0.913. The number of hydrogen-bond acceptors (Lipinski definition) is 2. The van der Waals surface area contributed by atoms with Gasteiger partial charge in [-0.3, -0.25) is 0 Å². The fourth-order valence-corrected chi connectivity index (χ4v) is 2.26. The fraction of sp³-hybridized carbons (Fsp3) is 0.308. The van der Waals surface area contributed by atoms with Crippen molar-refractivity contribution in [3.8, 4) is 11.3 Å². The van der Waals surface area contributed by atoms with Gasteiger partial charge >= 0.3 is 0 Å². The van der Waals surface area contributed by atoms with Gasteiger partial charge in [0, 0.05) is 28.7 Å². The van der Waals surface area contributed by atoms with Crippen molar-refractivity contribution in [3.05, 3.63) is 39.8 Å². The Kier molecular flexibility index (Phi) is 3.64. The minimum atomic E-state index is 0.526. The van der Waals surface area contributed by atoms with Gasteiger partial charge in [-0.1, -0.05) is 28.9 Å². The maximum Gasteiger partial charge on any atom is 0.106 e. The van der Waals surface area contributed by atoms with Gasteiger partial charge in [0.05, 0.1) is 5.69 Å². The number of halogens is 1. The number of imidazole rings is 1. The van der Waals surface area contributed by atoms with Gasteiger partial charge in [0.15, 0.2) is 0 Å². The number of aromatic nitrogens is 2. The van der Waals surface area contributed by atoms with E-state index in [0.29, 0.717) is 6.54 Å². The normalized spacial score (nSPS) is 10.8. The van der Waals surface area contributed by atoms with Crippen molar-refractivity contribution in [2.45, 2.75) is 26.8 Å². The molecule has 0 unspecified atom stereocenters. The van der Waals surface area contributed by atoms with Crippen LogP contribution >= 0.6 is 15.9 Å². The van der Waals surface area contributed by atoms with E-state index in [1.807, 2.05) is 13.0 Å². The van der Waals surface area contributed by atoms with Crippen LogP contribution < -0.4 is 5.73 Å². The van der Waals surface area contributed by atoms with E-state index in [0.717, 1.165) is 39.2 Å². The second-order valence-corrected chi connectivity index (χ2v) is 4.88. The van der Waals surface area contributed by atoms with Crippen molar-refractivity contribution in [1.82, 2.24) is 9.97 Å². The average Bonchev–Trinajstić information content (AvgIpc) is 2.71. The van der Waals surface area contributed by atoms with Crippen LogP contribution in [0.1, 0.15) is 24.0 Å². The highest BCUT2D eigenvalue weighted by atomic mass is 79.9. The number of hydrogen-bond donors (Lipinski definition) is 2. The van der Waals surface area contributed by atoms with Gasteiger partial charge in [0.1, 0.15) is 5.82 Å². The highest BCUT2D eigenvalue weighted by molar-refractivity contribution is 9.10. The number of aryl methyl sites for hydroxylation is 2. The molecule has 0 fully saturated rings. The largest absolute Gasteiger partial charge is 0.346 e. The van der Waals surface area contributed by atoms with E-state index in [1.165, 1.54) is 0 Å². The number of rotatable bonds is 3. The summed E-state index contributed by atoms with van der Waals surface area (Å²) < 4.78 is 1.05. The monoisotopic (exact) mass is 293 g/mol. The van der Waals surface area contributed by atoms with E-state index < -0.39 is 0 Å². The number of nitrogens with two attached hydrogens (primary N) is 1. The van der Waals surface area contributed by atoms with Gasteiger partial charge in [-0.15, -0.1) is 0 Å². The molecule has 0 aliphatic rings. The van der Waals surface area contributed by atoms with Gasteiger partial charge in [-0.25, -0.2) is 4.98 Å². The number of nitrogens with zero attached hydrogens (tertiary/aromatic N) is 1. The molecule has 1 aromatic heterocycles. The van der Waals surface area contributed by atoms with Crippen LogP contribution in [-0.2, 0) is 13.0 Å². The Morgan fingerprint density at radius 1 is 1.41 bits per heavy atom. The molecule has 0 spiro atoms. The SMILES string of the molecule is CCc1nc(-c2ccc(Br)c(CN)c2)c(C)[nH]1. The van der Waals surface area contributed by atoms with Crippen molar-refractivity contribution in [3.63, 3.8) is 0 Å². The van der Waals surface area contributed by atoms with E-state index in [4.69, 9.17) is 5.73 Å². The Morgan fingerprint density at radius 2 is 2.18 bits per heavy atom. The summed E-state index contributed by atoms with van der Waals surface area (Å²) in [6, 6.07) is 6.18. The second kappa shape index (κ2) is 5.02. The van der Waals surface area contributed by atoms with Gasteiger partial charge in [0.25, 0.3) is 0 Å². The Balaban J connectivity index is 2.48.